The van der Waals surface area contributed by atoms with Crippen molar-refractivity contribution in [1.82, 2.24) is 4.98 Å². The number of halogens is 3. The van der Waals surface area contributed by atoms with Crippen LogP contribution in [0.4, 0.5) is 24.0 Å². The highest BCUT2D eigenvalue weighted by atomic mass is 32.1. The summed E-state index contributed by atoms with van der Waals surface area (Å²) in [5.74, 6) is -3.51. The molecule has 3 aromatic rings. The number of nitrogens with zero attached hydrogens (tertiary/aromatic N) is 1. The van der Waals surface area contributed by atoms with Crippen molar-refractivity contribution in [3.8, 4) is 11.3 Å². The van der Waals surface area contributed by atoms with Crippen molar-refractivity contribution >= 4 is 34.0 Å². The molecular weight excluding hydrogens is 379 g/mol. The summed E-state index contributed by atoms with van der Waals surface area (Å²) in [6.07, 6.45) is 0. The molecule has 3 rings (SSSR count). The van der Waals surface area contributed by atoms with Crippen LogP contribution in [0, 0.1) is 17.5 Å². The molecule has 5 nitrogen and oxygen atoms in total. The topological polar surface area (TPSA) is 71.1 Å². The molecule has 2 N–H and O–H groups in total. The normalized spacial score (nSPS) is 10.5. The quantitative estimate of drug-likeness (QED) is 0.691. The molecule has 0 aliphatic heterocycles. The number of anilines is 2. The van der Waals surface area contributed by atoms with Crippen LogP contribution < -0.4 is 10.6 Å². The highest BCUT2D eigenvalue weighted by molar-refractivity contribution is 7.14. The first-order valence-corrected chi connectivity index (χ1v) is 8.51. The molecule has 0 aliphatic rings. The van der Waals surface area contributed by atoms with Gasteiger partial charge in [0, 0.05) is 29.6 Å². The van der Waals surface area contributed by atoms with E-state index >= 15 is 0 Å². The minimum Gasteiger partial charge on any atom is -0.326 e. The lowest BCUT2D eigenvalue weighted by atomic mass is 10.1. The van der Waals surface area contributed by atoms with Crippen LogP contribution in [0.15, 0.2) is 41.8 Å². The zero-order valence-corrected chi connectivity index (χ0v) is 14.7. The molecule has 0 saturated carbocycles. The van der Waals surface area contributed by atoms with E-state index in [1.165, 1.54) is 24.4 Å². The number of thiazole rings is 1. The van der Waals surface area contributed by atoms with Crippen LogP contribution in [-0.2, 0) is 4.79 Å². The van der Waals surface area contributed by atoms with Crippen LogP contribution in [0.25, 0.3) is 11.3 Å². The average molecular weight is 391 g/mol. The highest BCUT2D eigenvalue weighted by Crippen LogP contribution is 2.29. The van der Waals surface area contributed by atoms with E-state index in [4.69, 9.17) is 0 Å². The molecule has 9 heteroatoms. The summed E-state index contributed by atoms with van der Waals surface area (Å²) >= 11 is 1.02. The van der Waals surface area contributed by atoms with E-state index in [-0.39, 0.29) is 27.9 Å². The van der Waals surface area contributed by atoms with Crippen LogP contribution in [0.2, 0.25) is 0 Å². The van der Waals surface area contributed by atoms with Crippen LogP contribution >= 0.6 is 11.3 Å². The first-order valence-electron chi connectivity index (χ1n) is 7.63. The number of carbonyl (C=O) groups excluding carboxylic acids is 2. The predicted octanol–water partition coefficient (Wildman–Crippen LogP) is 4.44. The van der Waals surface area contributed by atoms with Gasteiger partial charge in [0.1, 0.15) is 17.5 Å². The Bertz CT molecular complexity index is 1040. The fourth-order valence-corrected chi connectivity index (χ4v) is 3.00. The lowest BCUT2D eigenvalue weighted by Gasteiger charge is -2.05. The van der Waals surface area contributed by atoms with Gasteiger partial charge in [0.25, 0.3) is 5.91 Å². The number of hydrogen-bond acceptors (Lipinski definition) is 4. The summed E-state index contributed by atoms with van der Waals surface area (Å²) in [6.45, 7) is 1.31. The molecule has 0 bridgehead atoms. The molecule has 0 unspecified atom stereocenters. The number of rotatable bonds is 4. The number of carbonyl (C=O) groups is 2. The summed E-state index contributed by atoms with van der Waals surface area (Å²) in [5, 5.41) is 6.51. The Balaban J connectivity index is 1.78. The zero-order valence-electron chi connectivity index (χ0n) is 13.8. The number of nitrogens with one attached hydrogen (secondary N) is 2. The number of aromatic nitrogens is 1. The van der Waals surface area contributed by atoms with Gasteiger partial charge >= 0.3 is 0 Å². The lowest BCUT2D eigenvalue weighted by molar-refractivity contribution is -0.114. The maximum atomic E-state index is 14.3. The van der Waals surface area contributed by atoms with Crippen molar-refractivity contribution in [2.75, 3.05) is 10.6 Å². The molecule has 0 spiro atoms. The van der Waals surface area contributed by atoms with E-state index in [1.807, 2.05) is 0 Å². The van der Waals surface area contributed by atoms with E-state index in [0.717, 1.165) is 29.5 Å². The third-order valence-corrected chi connectivity index (χ3v) is 4.22. The molecule has 0 fully saturated rings. The van der Waals surface area contributed by atoms with Crippen molar-refractivity contribution in [3.63, 3.8) is 0 Å². The second kappa shape index (κ2) is 7.58. The molecule has 0 radical (unpaired) electrons. The summed E-state index contributed by atoms with van der Waals surface area (Å²) in [4.78, 5) is 27.2. The SMILES string of the molecule is CC(=O)Nc1ccc(-c2csc(NC(=O)c3ccc(F)cc3F)n2)c(F)c1. The van der Waals surface area contributed by atoms with Crippen molar-refractivity contribution in [2.45, 2.75) is 6.92 Å². The van der Waals surface area contributed by atoms with E-state index < -0.39 is 23.4 Å². The number of benzene rings is 2. The number of hydrogen-bond donors (Lipinski definition) is 2. The van der Waals surface area contributed by atoms with Gasteiger partial charge in [0.05, 0.1) is 11.3 Å². The number of amides is 2. The van der Waals surface area contributed by atoms with Crippen molar-refractivity contribution in [3.05, 3.63) is 64.8 Å². The summed E-state index contributed by atoms with van der Waals surface area (Å²) in [5.41, 5.74) is 0.411. The lowest BCUT2D eigenvalue weighted by Crippen LogP contribution is -2.13. The zero-order chi connectivity index (χ0) is 19.6. The monoisotopic (exact) mass is 391 g/mol. The minimum absolute atomic E-state index is 0.129. The maximum Gasteiger partial charge on any atom is 0.260 e. The Morgan fingerprint density at radius 3 is 2.44 bits per heavy atom. The van der Waals surface area contributed by atoms with E-state index in [9.17, 15) is 22.8 Å². The minimum atomic E-state index is -0.996. The predicted molar refractivity (Wildman–Crippen MR) is 96.1 cm³/mol. The van der Waals surface area contributed by atoms with Gasteiger partial charge in [0.15, 0.2) is 5.13 Å². The van der Waals surface area contributed by atoms with Crippen LogP contribution in [0.5, 0.6) is 0 Å². The van der Waals surface area contributed by atoms with Gasteiger partial charge in [-0.1, -0.05) is 0 Å². The van der Waals surface area contributed by atoms with Gasteiger partial charge in [-0.25, -0.2) is 18.2 Å². The largest absolute Gasteiger partial charge is 0.326 e. The third kappa shape index (κ3) is 4.32. The van der Waals surface area contributed by atoms with E-state index in [0.29, 0.717) is 11.8 Å². The summed E-state index contributed by atoms with van der Waals surface area (Å²) in [6, 6.07) is 6.72. The summed E-state index contributed by atoms with van der Waals surface area (Å²) in [7, 11) is 0. The summed E-state index contributed by atoms with van der Waals surface area (Å²) < 4.78 is 40.8. The molecule has 0 saturated heterocycles. The molecule has 0 atom stereocenters. The second-order valence-corrected chi connectivity index (χ2v) is 6.35. The Morgan fingerprint density at radius 1 is 1.00 bits per heavy atom. The van der Waals surface area contributed by atoms with Gasteiger partial charge in [0.2, 0.25) is 5.91 Å². The molecule has 1 heterocycles. The highest BCUT2D eigenvalue weighted by Gasteiger charge is 2.16. The van der Waals surface area contributed by atoms with Gasteiger partial charge in [-0.15, -0.1) is 11.3 Å². The van der Waals surface area contributed by atoms with Gasteiger partial charge in [-0.2, -0.15) is 0 Å². The van der Waals surface area contributed by atoms with Crippen molar-refractivity contribution < 1.29 is 22.8 Å². The average Bonchev–Trinajstić information content (AvgIpc) is 3.02. The first-order chi connectivity index (χ1) is 12.8. The third-order valence-electron chi connectivity index (χ3n) is 3.47. The Hall–Kier alpha value is -3.20. The molecule has 2 amide bonds. The first kappa shape index (κ1) is 18.6. The van der Waals surface area contributed by atoms with Crippen molar-refractivity contribution in [2.24, 2.45) is 0 Å². The molecule has 27 heavy (non-hydrogen) atoms. The van der Waals surface area contributed by atoms with Crippen LogP contribution in [0.3, 0.4) is 0 Å². The Kier molecular flexibility index (Phi) is 5.22. The van der Waals surface area contributed by atoms with Gasteiger partial charge in [-0.05, 0) is 30.3 Å². The molecule has 0 aliphatic carbocycles. The molecule has 138 valence electrons. The molecule has 1 aromatic heterocycles. The maximum absolute atomic E-state index is 14.3. The smallest absolute Gasteiger partial charge is 0.260 e. The van der Waals surface area contributed by atoms with Crippen LogP contribution in [-0.4, -0.2) is 16.8 Å². The van der Waals surface area contributed by atoms with Crippen LogP contribution in [0.1, 0.15) is 17.3 Å². The molecule has 2 aromatic carbocycles. The van der Waals surface area contributed by atoms with E-state index in [2.05, 4.69) is 15.6 Å². The van der Waals surface area contributed by atoms with Gasteiger partial charge in [-0.3, -0.25) is 14.9 Å². The Labute approximate surface area is 155 Å². The Morgan fingerprint density at radius 2 is 1.78 bits per heavy atom. The van der Waals surface area contributed by atoms with E-state index in [1.54, 1.807) is 0 Å². The fourth-order valence-electron chi connectivity index (χ4n) is 2.30. The standard InChI is InChI=1S/C18H12F3N3O2S/c1-9(25)22-11-3-5-12(15(21)7-11)16-8-27-18(23-16)24-17(26)13-4-2-10(19)6-14(13)20/h2-8H,1H3,(H,22,25)(H,23,24,26). The second-order valence-electron chi connectivity index (χ2n) is 5.49. The van der Waals surface area contributed by atoms with Crippen molar-refractivity contribution in [1.29, 1.82) is 0 Å². The fraction of sp³-hybridized carbons (Fsp3) is 0.0556. The van der Waals surface area contributed by atoms with Gasteiger partial charge < -0.3 is 5.32 Å². The molecular formula is C18H12F3N3O2S.